The lowest BCUT2D eigenvalue weighted by Gasteiger charge is -2.41. The lowest BCUT2D eigenvalue weighted by molar-refractivity contribution is -0.305. The summed E-state index contributed by atoms with van der Waals surface area (Å²) >= 11 is 0. The summed E-state index contributed by atoms with van der Waals surface area (Å²) in [5, 5.41) is 57.2. The number of aliphatic hydroxyl groups is 5. The Kier molecular flexibility index (Phi) is 57.6. The molecule has 11 nitrogen and oxygen atoms in total. The maximum Gasteiger partial charge on any atom is 0.306 e. The van der Waals surface area contributed by atoms with E-state index < -0.39 is 67.4 Å². The largest absolute Gasteiger partial charge is 0.454 e. The van der Waals surface area contributed by atoms with Crippen molar-refractivity contribution in [3.8, 4) is 0 Å². The molecule has 1 aliphatic heterocycles. The number of esters is 1. The Morgan fingerprint density at radius 1 is 0.458 bits per heavy atom. The molecule has 0 spiro atoms. The van der Waals surface area contributed by atoms with E-state index in [1.165, 1.54) is 250 Å². The minimum Gasteiger partial charge on any atom is -0.454 e. The highest BCUT2D eigenvalue weighted by atomic mass is 16.7. The van der Waals surface area contributed by atoms with E-state index in [0.717, 1.165) is 64.2 Å². The third-order valence-electron chi connectivity index (χ3n) is 17.4. The van der Waals surface area contributed by atoms with Crippen molar-refractivity contribution in [2.75, 3.05) is 13.2 Å². The van der Waals surface area contributed by atoms with Crippen LogP contribution in [0.15, 0.2) is 24.3 Å². The first-order valence-electron chi connectivity index (χ1n) is 36.1. The fourth-order valence-corrected chi connectivity index (χ4v) is 11.7. The SMILES string of the molecule is CCCCCCCC/C=C/CCCCCCCCCCC(O)C(=O)NC(COC1OC(CO)C(O)C(O)C1OC(=O)CCCCCCCCCCCCCCCCCCCCCCCCCCC)C(O)/C=C/CCCCCCCCCCC. The average molecular weight is 1180 g/mol. The third kappa shape index (κ3) is 47.8. The number of rotatable bonds is 63. The molecule has 0 aliphatic carbocycles. The van der Waals surface area contributed by atoms with E-state index in [-0.39, 0.29) is 13.0 Å². The molecule has 0 saturated carbocycles. The van der Waals surface area contributed by atoms with Gasteiger partial charge in [0.25, 0.3) is 0 Å². The Balaban J connectivity index is 2.52. The molecular weight excluding hydrogens is 1040 g/mol. The second kappa shape index (κ2) is 60.4. The normalized spacial score (nSPS) is 18.6. The lowest BCUT2D eigenvalue weighted by Crippen LogP contribution is -2.61. The molecule has 1 aliphatic rings. The number of hydrogen-bond donors (Lipinski definition) is 6. The van der Waals surface area contributed by atoms with Crippen LogP contribution in [0.4, 0.5) is 0 Å². The second-order valence-electron chi connectivity index (χ2n) is 25.3. The molecule has 8 unspecified atom stereocenters. The summed E-state index contributed by atoms with van der Waals surface area (Å²) in [4.78, 5) is 26.7. The molecule has 0 aromatic rings. The molecular formula is C72H137NO10. The van der Waals surface area contributed by atoms with Crippen LogP contribution in [0, 0.1) is 0 Å². The number of carbonyl (C=O) groups excluding carboxylic acids is 2. The number of aliphatic hydroxyl groups excluding tert-OH is 5. The zero-order chi connectivity index (χ0) is 60.3. The van der Waals surface area contributed by atoms with Gasteiger partial charge in [-0.2, -0.15) is 0 Å². The van der Waals surface area contributed by atoms with Gasteiger partial charge in [0, 0.05) is 6.42 Å². The number of hydrogen-bond acceptors (Lipinski definition) is 10. The molecule has 1 amide bonds. The van der Waals surface area contributed by atoms with Gasteiger partial charge in [-0.25, -0.2) is 0 Å². The number of ether oxygens (including phenoxy) is 3. The van der Waals surface area contributed by atoms with Crippen LogP contribution >= 0.6 is 0 Å². The van der Waals surface area contributed by atoms with Gasteiger partial charge in [-0.1, -0.05) is 328 Å². The van der Waals surface area contributed by atoms with Crippen molar-refractivity contribution in [2.45, 2.75) is 410 Å². The van der Waals surface area contributed by atoms with Gasteiger partial charge in [0.05, 0.1) is 25.4 Å². The van der Waals surface area contributed by atoms with Crippen molar-refractivity contribution >= 4 is 11.9 Å². The molecule has 1 rings (SSSR count). The van der Waals surface area contributed by atoms with Crippen molar-refractivity contribution < 1.29 is 49.3 Å². The van der Waals surface area contributed by atoms with E-state index >= 15 is 0 Å². The first kappa shape index (κ1) is 79.2. The van der Waals surface area contributed by atoms with E-state index in [4.69, 9.17) is 14.2 Å². The molecule has 8 atom stereocenters. The van der Waals surface area contributed by atoms with Crippen molar-refractivity contribution in [2.24, 2.45) is 0 Å². The van der Waals surface area contributed by atoms with Gasteiger partial charge in [0.15, 0.2) is 12.4 Å². The molecule has 6 N–H and O–H groups in total. The fraction of sp³-hybridized carbons (Fsp3) is 0.917. The summed E-state index contributed by atoms with van der Waals surface area (Å²) in [5.41, 5.74) is 0. The maximum absolute atomic E-state index is 13.5. The molecule has 0 aromatic carbocycles. The topological polar surface area (TPSA) is 175 Å². The van der Waals surface area contributed by atoms with E-state index in [2.05, 4.69) is 38.2 Å². The van der Waals surface area contributed by atoms with Crippen LogP contribution < -0.4 is 5.32 Å². The number of carbonyl (C=O) groups is 2. The van der Waals surface area contributed by atoms with Gasteiger partial charge in [0.1, 0.15) is 24.4 Å². The molecule has 83 heavy (non-hydrogen) atoms. The van der Waals surface area contributed by atoms with Crippen LogP contribution in [0.5, 0.6) is 0 Å². The quantitative estimate of drug-likeness (QED) is 0.0195. The maximum atomic E-state index is 13.5. The summed E-state index contributed by atoms with van der Waals surface area (Å²) in [7, 11) is 0. The molecule has 0 aromatic heterocycles. The summed E-state index contributed by atoms with van der Waals surface area (Å²) in [6.07, 6.45) is 62.3. The second-order valence-corrected chi connectivity index (χ2v) is 25.3. The molecule has 0 bridgehead atoms. The Morgan fingerprint density at radius 2 is 0.795 bits per heavy atom. The van der Waals surface area contributed by atoms with Crippen LogP contribution in [0.25, 0.3) is 0 Å². The van der Waals surface area contributed by atoms with Crippen molar-refractivity contribution in [1.82, 2.24) is 5.32 Å². The van der Waals surface area contributed by atoms with E-state index in [1.807, 2.05) is 6.08 Å². The summed E-state index contributed by atoms with van der Waals surface area (Å²) < 4.78 is 17.7. The van der Waals surface area contributed by atoms with Crippen molar-refractivity contribution in [1.29, 1.82) is 0 Å². The number of unbranched alkanes of at least 4 members (excludes halogenated alkanes) is 47. The average Bonchev–Trinajstić information content (AvgIpc) is 3.64. The standard InChI is InChI=1S/C72H137NO10/c1-4-7-10-13-16-19-22-24-26-28-30-31-32-33-34-35-36-38-40-42-45-48-51-54-57-60-67(77)83-70-69(79)68(78)66(61-74)82-72(70)81-62-63(64(75)58-55-52-49-46-43-21-18-15-12-9-6-3)73-71(80)65(76)59-56-53-50-47-44-41-39-37-29-27-25-23-20-17-14-11-8-5-2/h25,27,55,58,63-66,68-70,72,74-76,78-79H,4-24,26,28-54,56-57,59-62H2,1-3H3,(H,73,80)/b27-25+,58-55+. The predicted octanol–water partition coefficient (Wildman–Crippen LogP) is 18.4. The summed E-state index contributed by atoms with van der Waals surface area (Å²) in [6, 6.07) is -1.02. The molecule has 490 valence electrons. The van der Waals surface area contributed by atoms with Crippen LogP contribution in [-0.2, 0) is 23.8 Å². The Bertz CT molecular complexity index is 1450. The van der Waals surface area contributed by atoms with Gasteiger partial charge in [-0.05, 0) is 51.4 Å². The minimum absolute atomic E-state index is 0.130. The van der Waals surface area contributed by atoms with E-state index in [1.54, 1.807) is 6.08 Å². The molecule has 0 radical (unpaired) electrons. The zero-order valence-electron chi connectivity index (χ0n) is 54.6. The van der Waals surface area contributed by atoms with E-state index in [9.17, 15) is 35.1 Å². The molecule has 1 saturated heterocycles. The monoisotopic (exact) mass is 1180 g/mol. The molecule has 1 heterocycles. The van der Waals surface area contributed by atoms with Gasteiger partial charge in [0.2, 0.25) is 5.91 Å². The lowest BCUT2D eigenvalue weighted by atomic mass is 9.99. The van der Waals surface area contributed by atoms with Crippen LogP contribution in [0.2, 0.25) is 0 Å². The highest BCUT2D eigenvalue weighted by molar-refractivity contribution is 5.80. The van der Waals surface area contributed by atoms with Gasteiger partial charge >= 0.3 is 5.97 Å². The first-order chi connectivity index (χ1) is 40.7. The predicted molar refractivity (Wildman–Crippen MR) is 348 cm³/mol. The summed E-state index contributed by atoms with van der Waals surface area (Å²) in [5.74, 6) is -1.18. The first-order valence-corrected chi connectivity index (χ1v) is 36.1. The minimum atomic E-state index is -1.61. The smallest absolute Gasteiger partial charge is 0.306 e. The molecule has 11 heteroatoms. The fourth-order valence-electron chi connectivity index (χ4n) is 11.7. The highest BCUT2D eigenvalue weighted by Crippen LogP contribution is 2.26. The van der Waals surface area contributed by atoms with Crippen molar-refractivity contribution in [3.63, 3.8) is 0 Å². The van der Waals surface area contributed by atoms with Crippen LogP contribution in [-0.4, -0.2) is 99.6 Å². The third-order valence-corrected chi connectivity index (χ3v) is 17.4. The van der Waals surface area contributed by atoms with E-state index in [0.29, 0.717) is 19.3 Å². The summed E-state index contributed by atoms with van der Waals surface area (Å²) in [6.45, 7) is 5.84. The zero-order valence-corrected chi connectivity index (χ0v) is 54.6. The Labute approximate surface area is 511 Å². The van der Waals surface area contributed by atoms with Crippen LogP contribution in [0.3, 0.4) is 0 Å². The highest BCUT2D eigenvalue weighted by Gasteiger charge is 2.47. The van der Waals surface area contributed by atoms with Gasteiger partial charge in [-0.15, -0.1) is 0 Å². The van der Waals surface area contributed by atoms with Gasteiger partial charge in [-0.3, -0.25) is 9.59 Å². The Morgan fingerprint density at radius 3 is 1.17 bits per heavy atom. The molecule has 1 fully saturated rings. The Hall–Kier alpha value is -1.86. The van der Waals surface area contributed by atoms with Gasteiger partial charge < -0.3 is 45.1 Å². The van der Waals surface area contributed by atoms with Crippen LogP contribution in [0.1, 0.15) is 361 Å². The number of nitrogens with one attached hydrogen (secondary N) is 1. The number of allylic oxidation sites excluding steroid dienone is 3. The van der Waals surface area contributed by atoms with Crippen molar-refractivity contribution in [3.05, 3.63) is 24.3 Å². The number of amides is 1.